The van der Waals surface area contributed by atoms with E-state index in [1.807, 2.05) is 45.0 Å². The summed E-state index contributed by atoms with van der Waals surface area (Å²) in [6, 6.07) is 10.3. The van der Waals surface area contributed by atoms with Crippen LogP contribution in [0.1, 0.15) is 17.2 Å². The van der Waals surface area contributed by atoms with Crippen molar-refractivity contribution in [1.29, 1.82) is 0 Å². The summed E-state index contributed by atoms with van der Waals surface area (Å²) in [5.41, 5.74) is 1.72. The predicted molar refractivity (Wildman–Crippen MR) is 68.0 cm³/mol. The molecule has 0 amide bonds. The van der Waals surface area contributed by atoms with Crippen LogP contribution < -0.4 is 4.74 Å². The maximum Gasteiger partial charge on any atom is 3.00 e. The van der Waals surface area contributed by atoms with Crippen LogP contribution >= 0.6 is 0 Å². The van der Waals surface area contributed by atoms with Gasteiger partial charge < -0.3 is 12.2 Å². The van der Waals surface area contributed by atoms with Crippen LogP contribution in [0.5, 0.6) is 11.5 Å². The largest absolute Gasteiger partial charge is 3.00 e. The van der Waals surface area contributed by atoms with Crippen molar-refractivity contribution < 1.29 is 37.4 Å². The number of hydrogen-bond donors (Lipinski definition) is 0. The molecule has 0 N–H and O–H groups in total. The number of aromatic nitrogens is 2. The minimum absolute atomic E-state index is 0. The van der Waals surface area contributed by atoms with E-state index in [1.165, 1.54) is 0 Å². The molecule has 3 nitrogen and oxygen atoms in total. The molecule has 0 atom stereocenters. The molecule has 1 aromatic carbocycles. The molecule has 0 aliphatic rings. The van der Waals surface area contributed by atoms with Crippen molar-refractivity contribution in [3.8, 4) is 11.5 Å². The number of nitrogens with zero attached hydrogens (tertiary/aromatic N) is 2. The Morgan fingerprint density at radius 2 is 1.50 bits per heavy atom. The second-order valence-electron chi connectivity index (χ2n) is 3.61. The van der Waals surface area contributed by atoms with Crippen molar-refractivity contribution in [1.82, 2.24) is 9.97 Å². The zero-order valence-electron chi connectivity index (χ0n) is 11.2. The van der Waals surface area contributed by atoms with E-state index in [2.05, 4.69) is 16.0 Å². The van der Waals surface area contributed by atoms with E-state index in [0.717, 1.165) is 28.7 Å². The van der Waals surface area contributed by atoms with E-state index in [0.29, 0.717) is 0 Å². The monoisotopic (exact) mass is 317 g/mol. The summed E-state index contributed by atoms with van der Waals surface area (Å²) in [6.07, 6.45) is 0. The molecule has 2 rings (SSSR count). The molecule has 0 fully saturated rings. The number of rotatable bonds is 2. The Kier molecular flexibility index (Phi) is 7.26. The summed E-state index contributed by atoms with van der Waals surface area (Å²) < 4.78 is 5.75. The summed E-state index contributed by atoms with van der Waals surface area (Å²) in [6.45, 7) is 5.72. The fourth-order valence-electron chi connectivity index (χ4n) is 1.58. The van der Waals surface area contributed by atoms with Crippen molar-refractivity contribution >= 4 is 0 Å². The molecule has 0 saturated heterocycles. The fourth-order valence-corrected chi connectivity index (χ4v) is 1.58. The maximum atomic E-state index is 5.75. The quantitative estimate of drug-likeness (QED) is 0.796. The molecule has 0 unspecified atom stereocenters. The average molecular weight is 317 g/mol. The Morgan fingerprint density at radius 1 is 1.00 bits per heavy atom. The van der Waals surface area contributed by atoms with Gasteiger partial charge in [0.1, 0.15) is 5.82 Å². The molecule has 18 heavy (non-hydrogen) atoms. The molecule has 0 aliphatic carbocycles. The van der Waals surface area contributed by atoms with E-state index >= 15 is 0 Å². The molecule has 0 spiro atoms. The number of hydrogen-bond acceptors (Lipinski definition) is 3. The van der Waals surface area contributed by atoms with Crippen molar-refractivity contribution in [3.05, 3.63) is 55.0 Å². The van der Waals surface area contributed by atoms with Gasteiger partial charge in [0.15, 0.2) is 5.75 Å². The molecule has 0 radical (unpaired) electrons. The van der Waals surface area contributed by atoms with Crippen molar-refractivity contribution in [2.45, 2.75) is 20.8 Å². The van der Waals surface area contributed by atoms with Crippen LogP contribution in [0, 0.1) is 34.3 Å². The SMILES string of the molecule is Cc1nc(C)c(Oc2cc[c-]cc2)c(C)n1.[CH3-].[Y+3]. The van der Waals surface area contributed by atoms with Crippen LogP contribution in [-0.2, 0) is 32.7 Å². The Hall–Kier alpha value is -0.796. The van der Waals surface area contributed by atoms with Gasteiger partial charge in [-0.25, -0.2) is 9.97 Å². The van der Waals surface area contributed by atoms with Gasteiger partial charge in [-0.05, 0) is 20.8 Å². The molecule has 4 heteroatoms. The molecule has 2 aromatic rings. The van der Waals surface area contributed by atoms with Gasteiger partial charge in [-0.2, -0.15) is 18.2 Å². The third kappa shape index (κ3) is 4.14. The van der Waals surface area contributed by atoms with Crippen LogP contribution in [0.25, 0.3) is 0 Å². The smallest absolute Gasteiger partial charge is 0.479 e. The average Bonchev–Trinajstić information content (AvgIpc) is 2.25. The topological polar surface area (TPSA) is 35.0 Å². The van der Waals surface area contributed by atoms with Gasteiger partial charge in [-0.15, -0.1) is 12.1 Å². The van der Waals surface area contributed by atoms with Crippen LogP contribution in [0.2, 0.25) is 0 Å². The zero-order chi connectivity index (χ0) is 11.5. The third-order valence-electron chi connectivity index (χ3n) is 2.22. The van der Waals surface area contributed by atoms with E-state index in [4.69, 9.17) is 4.74 Å². The van der Waals surface area contributed by atoms with E-state index in [9.17, 15) is 0 Å². The minimum atomic E-state index is 0. The number of benzene rings is 1. The van der Waals surface area contributed by atoms with Gasteiger partial charge in [-0.3, -0.25) is 0 Å². The molecule has 0 saturated carbocycles. The first-order valence-corrected chi connectivity index (χ1v) is 5.12. The number of ether oxygens (including phenoxy) is 1. The molecule has 1 heterocycles. The Balaban J connectivity index is 0.00000144. The van der Waals surface area contributed by atoms with Crippen LogP contribution in [0.3, 0.4) is 0 Å². The van der Waals surface area contributed by atoms with Crippen molar-refractivity contribution in [2.24, 2.45) is 0 Å². The molecule has 1 aromatic heterocycles. The van der Waals surface area contributed by atoms with Gasteiger partial charge >= 0.3 is 32.7 Å². The molecule has 90 valence electrons. The first kappa shape index (κ1) is 17.2. The minimum Gasteiger partial charge on any atom is -0.479 e. The van der Waals surface area contributed by atoms with Crippen LogP contribution in [-0.4, -0.2) is 9.97 Å². The van der Waals surface area contributed by atoms with E-state index in [-0.39, 0.29) is 40.1 Å². The van der Waals surface area contributed by atoms with Gasteiger partial charge in [0.25, 0.3) is 0 Å². The van der Waals surface area contributed by atoms with Crippen LogP contribution in [0.4, 0.5) is 0 Å². The Bertz CT molecular complexity index is 477. The maximum absolute atomic E-state index is 5.75. The first-order chi connectivity index (χ1) is 7.66. The Morgan fingerprint density at radius 3 is 2.00 bits per heavy atom. The third-order valence-corrected chi connectivity index (χ3v) is 2.22. The molecular weight excluding hydrogens is 301 g/mol. The zero-order valence-corrected chi connectivity index (χ0v) is 14.0. The van der Waals surface area contributed by atoms with Gasteiger partial charge in [-0.1, -0.05) is 0 Å². The van der Waals surface area contributed by atoms with Gasteiger partial charge in [0, 0.05) is 5.75 Å². The van der Waals surface area contributed by atoms with E-state index < -0.39 is 0 Å². The predicted octanol–water partition coefficient (Wildman–Crippen LogP) is 3.44. The van der Waals surface area contributed by atoms with Crippen molar-refractivity contribution in [2.75, 3.05) is 0 Å². The van der Waals surface area contributed by atoms with Gasteiger partial charge in [0.2, 0.25) is 0 Å². The van der Waals surface area contributed by atoms with Crippen LogP contribution in [0.15, 0.2) is 24.3 Å². The summed E-state index contributed by atoms with van der Waals surface area (Å²) in [5, 5.41) is 0. The summed E-state index contributed by atoms with van der Waals surface area (Å²) in [5.74, 6) is 2.28. The van der Waals surface area contributed by atoms with E-state index in [1.54, 1.807) is 0 Å². The molecular formula is C14H16N2OY+. The molecule has 0 aliphatic heterocycles. The number of aryl methyl sites for hydroxylation is 3. The van der Waals surface area contributed by atoms with Gasteiger partial charge in [0.05, 0.1) is 11.4 Å². The second kappa shape index (κ2) is 7.60. The molecule has 0 bridgehead atoms. The first-order valence-electron chi connectivity index (χ1n) is 5.12. The fraction of sp³-hybridized carbons (Fsp3) is 0.214. The summed E-state index contributed by atoms with van der Waals surface area (Å²) in [7, 11) is 0. The standard InChI is InChI=1S/C13H13N2O.CH3.Y/c1-9-13(10(2)15-11(3)14-9)16-12-7-5-4-6-8-12;;/h5-8H,1-3H3;1H3;/q2*-1;+3. The summed E-state index contributed by atoms with van der Waals surface area (Å²) in [4.78, 5) is 8.57. The normalized spacial score (nSPS) is 9.06. The summed E-state index contributed by atoms with van der Waals surface area (Å²) >= 11 is 0. The second-order valence-corrected chi connectivity index (χ2v) is 3.61. The van der Waals surface area contributed by atoms with Crippen molar-refractivity contribution in [3.63, 3.8) is 0 Å². The Labute approximate surface area is 134 Å².